The molecule has 0 N–H and O–H groups in total. The number of hydrogen-bond donors (Lipinski definition) is 0. The van der Waals surface area contributed by atoms with Crippen molar-refractivity contribution in [2.24, 2.45) is 0 Å². The molecule has 1 aromatic carbocycles. The molecule has 0 saturated heterocycles. The van der Waals surface area contributed by atoms with Gasteiger partial charge in [0.05, 0.1) is 12.1 Å². The number of nitrogens with zero attached hydrogens (tertiary/aromatic N) is 1. The van der Waals surface area contributed by atoms with Crippen LogP contribution in [-0.4, -0.2) is 38.6 Å². The Morgan fingerprint density at radius 1 is 1.15 bits per heavy atom. The molecule has 0 bridgehead atoms. The normalized spacial score (nSPS) is 12.7. The Bertz CT molecular complexity index is 994. The maximum absolute atomic E-state index is 13.0. The second-order valence-corrected chi connectivity index (χ2v) is 15.4. The zero-order valence-electron chi connectivity index (χ0n) is 19.6. The highest BCUT2D eigenvalue weighted by Gasteiger charge is 2.37. The predicted molar refractivity (Wildman–Crippen MR) is 129 cm³/mol. The Kier molecular flexibility index (Phi) is 9.06. The van der Waals surface area contributed by atoms with Gasteiger partial charge in [-0.3, -0.25) is 4.79 Å². The van der Waals surface area contributed by atoms with Crippen molar-refractivity contribution in [2.45, 2.75) is 56.4 Å². The molecule has 10 heteroatoms. The van der Waals surface area contributed by atoms with E-state index < -0.39 is 31.7 Å². The van der Waals surface area contributed by atoms with E-state index in [0.717, 1.165) is 36.3 Å². The molecule has 0 spiro atoms. The number of ether oxygens (including phenoxy) is 1. The van der Waals surface area contributed by atoms with Gasteiger partial charge >= 0.3 is 6.18 Å². The maximum Gasteiger partial charge on any atom is 0.421 e. The molecule has 0 aliphatic rings. The predicted octanol–water partition coefficient (Wildman–Crippen LogP) is 7.50. The number of aromatic nitrogens is 1. The van der Waals surface area contributed by atoms with Crippen LogP contribution >= 0.6 is 23.4 Å². The summed E-state index contributed by atoms with van der Waals surface area (Å²) in [7, 11) is -0.693. The maximum atomic E-state index is 13.0. The summed E-state index contributed by atoms with van der Waals surface area (Å²) in [4.78, 5) is 17.3. The molecule has 1 heterocycles. The van der Waals surface area contributed by atoms with Crippen LogP contribution in [0.4, 0.5) is 13.2 Å². The van der Waals surface area contributed by atoms with Crippen molar-refractivity contribution < 1.29 is 27.1 Å². The van der Waals surface area contributed by atoms with E-state index >= 15 is 0 Å². The molecule has 0 fully saturated rings. The van der Waals surface area contributed by atoms with Gasteiger partial charge < -0.3 is 9.16 Å². The fourth-order valence-electron chi connectivity index (χ4n) is 2.63. The average molecular weight is 520 g/mol. The molecule has 0 atom stereocenters. The Morgan fingerprint density at radius 2 is 1.82 bits per heavy atom. The van der Waals surface area contributed by atoms with Crippen LogP contribution in [0.1, 0.15) is 48.8 Å². The summed E-state index contributed by atoms with van der Waals surface area (Å²) in [6, 6.07) is 6.65. The number of alkyl halides is 3. The van der Waals surface area contributed by atoms with E-state index in [0.29, 0.717) is 11.6 Å². The third-order valence-electron chi connectivity index (χ3n) is 5.60. The van der Waals surface area contributed by atoms with Crippen LogP contribution in [0.25, 0.3) is 0 Å². The summed E-state index contributed by atoms with van der Waals surface area (Å²) in [5.74, 6) is -0.381. The number of carbonyl (C=O) groups is 1. The number of benzene rings is 1. The molecule has 0 aliphatic heterocycles. The van der Waals surface area contributed by atoms with E-state index in [4.69, 9.17) is 20.8 Å². The number of halogens is 4. The largest absolute Gasteiger partial charge is 0.481 e. The number of thioether (sulfide) groups is 1. The SMILES string of the molecule is COc1nc(C(=O)c2ccc(SCCCO[Si](C)(C)C(C)(C)C)c(Cl)c2)ccc1C(F)(F)F. The van der Waals surface area contributed by atoms with Gasteiger partial charge in [-0.15, -0.1) is 11.8 Å². The zero-order valence-corrected chi connectivity index (χ0v) is 22.2. The molecule has 2 aromatic rings. The highest BCUT2D eigenvalue weighted by molar-refractivity contribution is 7.99. The Hall–Kier alpha value is -1.55. The topological polar surface area (TPSA) is 48.4 Å². The van der Waals surface area contributed by atoms with Crippen molar-refractivity contribution in [1.29, 1.82) is 0 Å². The quantitative estimate of drug-likeness (QED) is 0.148. The number of rotatable bonds is 9. The van der Waals surface area contributed by atoms with Gasteiger partial charge in [-0.1, -0.05) is 32.4 Å². The fourth-order valence-corrected chi connectivity index (χ4v) is 4.91. The smallest absolute Gasteiger partial charge is 0.421 e. The lowest BCUT2D eigenvalue weighted by molar-refractivity contribution is -0.139. The van der Waals surface area contributed by atoms with Crippen molar-refractivity contribution in [3.05, 3.63) is 52.2 Å². The lowest BCUT2D eigenvalue weighted by Gasteiger charge is -2.36. The number of hydrogen-bond acceptors (Lipinski definition) is 5. The number of ketones is 1. The number of carbonyl (C=O) groups excluding carboxylic acids is 1. The molecule has 0 unspecified atom stereocenters. The van der Waals surface area contributed by atoms with Crippen LogP contribution in [0, 0.1) is 0 Å². The monoisotopic (exact) mass is 519 g/mol. The number of pyridine rings is 1. The minimum atomic E-state index is -4.63. The van der Waals surface area contributed by atoms with Crippen molar-refractivity contribution in [3.63, 3.8) is 0 Å². The molecule has 1 aromatic heterocycles. The molecule has 33 heavy (non-hydrogen) atoms. The van der Waals surface area contributed by atoms with Crippen molar-refractivity contribution in [1.82, 2.24) is 4.98 Å². The van der Waals surface area contributed by atoms with Crippen LogP contribution in [0.5, 0.6) is 5.88 Å². The first-order chi connectivity index (χ1) is 15.2. The second kappa shape index (κ2) is 10.8. The van der Waals surface area contributed by atoms with E-state index in [1.807, 2.05) is 0 Å². The van der Waals surface area contributed by atoms with Crippen LogP contribution in [-0.2, 0) is 10.6 Å². The van der Waals surface area contributed by atoms with Gasteiger partial charge in [-0.05, 0) is 54.9 Å². The molecular weight excluding hydrogens is 491 g/mol. The summed E-state index contributed by atoms with van der Waals surface area (Å²) in [5, 5.41) is 0.563. The Labute approximate surface area is 203 Å². The third-order valence-corrected chi connectivity index (χ3v) is 11.7. The van der Waals surface area contributed by atoms with Crippen LogP contribution in [0.2, 0.25) is 23.2 Å². The first-order valence-electron chi connectivity index (χ1n) is 10.4. The first kappa shape index (κ1) is 27.7. The molecule has 4 nitrogen and oxygen atoms in total. The van der Waals surface area contributed by atoms with E-state index in [1.54, 1.807) is 23.9 Å². The molecule has 2 rings (SSSR count). The van der Waals surface area contributed by atoms with Gasteiger partial charge in [0, 0.05) is 22.8 Å². The van der Waals surface area contributed by atoms with Crippen molar-refractivity contribution in [2.75, 3.05) is 19.5 Å². The van der Waals surface area contributed by atoms with E-state index in [1.165, 1.54) is 6.07 Å². The summed E-state index contributed by atoms with van der Waals surface area (Å²) < 4.78 is 49.9. The molecule has 0 saturated carbocycles. The van der Waals surface area contributed by atoms with Gasteiger partial charge in [0.2, 0.25) is 11.7 Å². The number of methoxy groups -OCH3 is 1. The third kappa shape index (κ3) is 7.21. The van der Waals surface area contributed by atoms with E-state index in [-0.39, 0.29) is 16.3 Å². The summed E-state index contributed by atoms with van der Waals surface area (Å²) in [6.07, 6.45) is -3.76. The molecular formula is C23H29ClF3NO3SSi. The minimum Gasteiger partial charge on any atom is -0.481 e. The first-order valence-corrected chi connectivity index (χ1v) is 14.7. The average Bonchev–Trinajstić information content (AvgIpc) is 2.71. The molecule has 0 amide bonds. The standard InChI is InChI=1S/C23H29ClF3NO3SSi/c1-22(2,3)33(5,6)31-12-7-13-32-19-11-8-15(14-17(19)24)20(29)18-10-9-16(23(25,26)27)21(28-18)30-4/h8-11,14H,7,12-13H2,1-6H3. The van der Waals surface area contributed by atoms with Gasteiger partial charge in [0.25, 0.3) is 0 Å². The fraction of sp³-hybridized carbons (Fsp3) is 0.478. The van der Waals surface area contributed by atoms with Crippen LogP contribution in [0.3, 0.4) is 0 Å². The van der Waals surface area contributed by atoms with Crippen molar-refractivity contribution >= 4 is 37.5 Å². The van der Waals surface area contributed by atoms with Crippen molar-refractivity contribution in [3.8, 4) is 5.88 Å². The summed E-state index contributed by atoms with van der Waals surface area (Å²) in [5.41, 5.74) is -0.956. The van der Waals surface area contributed by atoms with E-state index in [2.05, 4.69) is 38.8 Å². The van der Waals surface area contributed by atoms with E-state index in [9.17, 15) is 18.0 Å². The van der Waals surface area contributed by atoms with Gasteiger partial charge in [0.15, 0.2) is 8.32 Å². The zero-order chi connectivity index (χ0) is 25.0. The highest BCUT2D eigenvalue weighted by Crippen LogP contribution is 2.37. The molecule has 0 radical (unpaired) electrons. The Morgan fingerprint density at radius 3 is 2.36 bits per heavy atom. The molecule has 182 valence electrons. The van der Waals surface area contributed by atoms with Gasteiger partial charge in [0.1, 0.15) is 11.3 Å². The van der Waals surface area contributed by atoms with Gasteiger partial charge in [-0.2, -0.15) is 13.2 Å². The lowest BCUT2D eigenvalue weighted by atomic mass is 10.1. The minimum absolute atomic E-state index is 0.154. The molecule has 0 aliphatic carbocycles. The summed E-state index contributed by atoms with van der Waals surface area (Å²) >= 11 is 7.92. The van der Waals surface area contributed by atoms with Crippen LogP contribution < -0.4 is 4.74 Å². The Balaban J connectivity index is 2.02. The lowest BCUT2D eigenvalue weighted by Crippen LogP contribution is -2.41. The van der Waals surface area contributed by atoms with Gasteiger partial charge in [-0.25, -0.2) is 4.98 Å². The second-order valence-electron chi connectivity index (χ2n) is 9.04. The highest BCUT2D eigenvalue weighted by atomic mass is 35.5. The van der Waals surface area contributed by atoms with Crippen LogP contribution in [0.15, 0.2) is 35.2 Å². The summed E-state index contributed by atoms with van der Waals surface area (Å²) in [6.45, 7) is 11.7.